The summed E-state index contributed by atoms with van der Waals surface area (Å²) in [4.78, 5) is 28.8. The molecular weight excluding hydrogens is 512 g/mol. The molecule has 37 heavy (non-hydrogen) atoms. The minimum absolute atomic E-state index is 0.000356. The summed E-state index contributed by atoms with van der Waals surface area (Å²) in [6.07, 6.45) is 1.71. The molecule has 0 N–H and O–H groups in total. The van der Waals surface area contributed by atoms with E-state index in [1.165, 1.54) is 21.9 Å². The van der Waals surface area contributed by atoms with E-state index in [-0.39, 0.29) is 24.6 Å². The van der Waals surface area contributed by atoms with Crippen molar-refractivity contribution in [1.82, 2.24) is 30.2 Å². The molecule has 4 saturated heterocycles. The van der Waals surface area contributed by atoms with Crippen molar-refractivity contribution in [3.05, 3.63) is 35.0 Å². The molecule has 6 rings (SSSR count). The Morgan fingerprint density at radius 3 is 1.62 bits per heavy atom. The van der Waals surface area contributed by atoms with E-state index in [1.54, 1.807) is 0 Å². The van der Waals surface area contributed by atoms with Crippen molar-refractivity contribution in [2.75, 3.05) is 13.1 Å². The average molecular weight is 530 g/mol. The molecule has 4 amide bonds. The van der Waals surface area contributed by atoms with Crippen molar-refractivity contribution in [1.29, 1.82) is 10.5 Å². The van der Waals surface area contributed by atoms with Crippen LogP contribution in [0, 0.1) is 22.7 Å². The van der Waals surface area contributed by atoms with E-state index in [9.17, 15) is 18.0 Å². The van der Waals surface area contributed by atoms with Gasteiger partial charge in [-0.3, -0.25) is 0 Å². The van der Waals surface area contributed by atoms with Gasteiger partial charge < -0.3 is 18.8 Å². The van der Waals surface area contributed by atoms with Crippen molar-refractivity contribution in [3.8, 4) is 12.1 Å². The van der Waals surface area contributed by atoms with Crippen molar-refractivity contribution in [2.45, 2.75) is 49.9 Å². The fourth-order valence-electron chi connectivity index (χ4n) is 5.28. The molecule has 6 heterocycles. The molecule has 16 nitrogen and oxygen atoms in total. The second kappa shape index (κ2) is 8.44. The van der Waals surface area contributed by atoms with Crippen molar-refractivity contribution in [3.63, 3.8) is 0 Å². The number of hydrogen-bond donors (Lipinski definition) is 0. The highest BCUT2D eigenvalue weighted by atomic mass is 32.3. The third-order valence-electron chi connectivity index (χ3n) is 6.95. The van der Waals surface area contributed by atoms with Gasteiger partial charge in [-0.05, 0) is 25.7 Å². The third kappa shape index (κ3) is 3.84. The number of hydroxylamine groups is 4. The Balaban J connectivity index is 1.14. The van der Waals surface area contributed by atoms with E-state index in [0.29, 0.717) is 37.1 Å². The molecule has 0 saturated carbocycles. The van der Waals surface area contributed by atoms with E-state index < -0.39 is 46.6 Å². The van der Waals surface area contributed by atoms with E-state index in [1.807, 2.05) is 12.1 Å². The van der Waals surface area contributed by atoms with Crippen LogP contribution in [-0.4, -0.2) is 75.9 Å². The van der Waals surface area contributed by atoms with Gasteiger partial charge in [0.05, 0.1) is 24.2 Å². The largest absolute Gasteiger partial charge is 0.442 e. The van der Waals surface area contributed by atoms with Gasteiger partial charge in [0.25, 0.3) is 0 Å². The fraction of sp³-hybridized carbons (Fsp3) is 0.500. The zero-order chi connectivity index (χ0) is 25.9. The topological polar surface area (TPSA) is 199 Å². The van der Waals surface area contributed by atoms with Gasteiger partial charge >= 0.3 is 22.5 Å². The number of fused-ring (bicyclic) bond motifs is 4. The summed E-state index contributed by atoms with van der Waals surface area (Å²) in [7, 11) is -4.85. The molecule has 0 spiro atoms. The minimum Gasteiger partial charge on any atom is -0.345 e. The molecule has 192 valence electrons. The summed E-state index contributed by atoms with van der Waals surface area (Å²) >= 11 is 0. The first-order valence-corrected chi connectivity index (χ1v) is 12.7. The fourth-order valence-corrected chi connectivity index (χ4v) is 6.07. The lowest BCUT2D eigenvalue weighted by Crippen LogP contribution is -2.41. The van der Waals surface area contributed by atoms with E-state index >= 15 is 0 Å². The Morgan fingerprint density at radius 1 is 0.811 bits per heavy atom. The molecule has 4 aliphatic rings. The number of hydrogen-bond acceptors (Lipinski definition) is 12. The average Bonchev–Trinajstić information content (AvgIpc) is 3.66. The van der Waals surface area contributed by atoms with Gasteiger partial charge in [0.1, 0.15) is 23.5 Å². The Bertz CT molecular complexity index is 1350. The Morgan fingerprint density at radius 2 is 1.24 bits per heavy atom. The van der Waals surface area contributed by atoms with E-state index in [0.717, 1.165) is 10.1 Å². The summed E-state index contributed by atoms with van der Waals surface area (Å²) in [5, 5.41) is 27.0. The van der Waals surface area contributed by atoms with Gasteiger partial charge in [0.2, 0.25) is 11.5 Å². The molecule has 0 unspecified atom stereocenters. The number of carbonyl (C=O) groups excluding carboxylic acids is 2. The van der Waals surface area contributed by atoms with Crippen LogP contribution in [0.5, 0.6) is 0 Å². The second-order valence-corrected chi connectivity index (χ2v) is 10.1. The highest BCUT2D eigenvalue weighted by molar-refractivity contribution is 7.81. The number of amides is 4. The number of carbonyl (C=O) groups is 2. The van der Waals surface area contributed by atoms with Crippen LogP contribution in [0.1, 0.15) is 60.7 Å². The zero-order valence-electron chi connectivity index (χ0n) is 19.0. The van der Waals surface area contributed by atoms with E-state index in [2.05, 4.69) is 10.3 Å². The molecule has 2 aromatic heterocycles. The first kappa shape index (κ1) is 23.2. The van der Waals surface area contributed by atoms with Gasteiger partial charge in [-0.25, -0.2) is 9.59 Å². The van der Waals surface area contributed by atoms with Crippen molar-refractivity contribution in [2.24, 2.45) is 0 Å². The predicted octanol–water partition coefficient (Wildman–Crippen LogP) is 1.10. The molecule has 4 fully saturated rings. The maximum absolute atomic E-state index is 13.0. The number of aromatic nitrogens is 2. The van der Waals surface area contributed by atoms with Crippen LogP contribution in [0.25, 0.3) is 0 Å². The summed E-state index contributed by atoms with van der Waals surface area (Å²) < 4.78 is 45.5. The van der Waals surface area contributed by atoms with Gasteiger partial charge in [-0.15, -0.1) is 8.57 Å². The van der Waals surface area contributed by atoms with Crippen LogP contribution in [0.2, 0.25) is 0 Å². The monoisotopic (exact) mass is 530 g/mol. The summed E-state index contributed by atoms with van der Waals surface area (Å²) in [5.74, 6) is 0.000712. The summed E-state index contributed by atoms with van der Waals surface area (Å²) in [6.45, 7) is 0.355. The van der Waals surface area contributed by atoms with Gasteiger partial charge in [-0.2, -0.15) is 29.1 Å². The number of urea groups is 2. The van der Waals surface area contributed by atoms with Crippen LogP contribution in [0.15, 0.2) is 21.2 Å². The van der Waals surface area contributed by atoms with Crippen LogP contribution < -0.4 is 0 Å². The molecule has 0 radical (unpaired) electrons. The highest BCUT2D eigenvalue weighted by Crippen LogP contribution is 2.40. The molecular formula is C20H18N8O8S. The molecule has 4 atom stereocenters. The van der Waals surface area contributed by atoms with E-state index in [4.69, 9.17) is 28.1 Å². The number of rotatable bonds is 6. The van der Waals surface area contributed by atoms with Gasteiger partial charge in [0.15, 0.2) is 0 Å². The SMILES string of the molecule is N#Cc1cc([C@@H]2CC[C@@H]3CN2C(=O)N3OS(=O)(=O)ON2C(=O)N3C[C@H]2CC[C@H]3c2cc(C#N)on2)no1. The molecule has 4 bridgehead atoms. The summed E-state index contributed by atoms with van der Waals surface area (Å²) in [6, 6.07) is 2.96. The number of nitriles is 2. The molecule has 4 aliphatic heterocycles. The second-order valence-electron chi connectivity index (χ2n) is 9.03. The van der Waals surface area contributed by atoms with Crippen LogP contribution in [-0.2, 0) is 19.0 Å². The third-order valence-corrected chi connectivity index (χ3v) is 7.64. The first-order valence-electron chi connectivity index (χ1n) is 11.3. The van der Waals surface area contributed by atoms with Gasteiger partial charge in [0, 0.05) is 25.2 Å². The lowest BCUT2D eigenvalue weighted by atomic mass is 9.98. The minimum atomic E-state index is -4.85. The van der Waals surface area contributed by atoms with Crippen molar-refractivity contribution < 1.29 is 35.6 Å². The van der Waals surface area contributed by atoms with Crippen LogP contribution in [0.4, 0.5) is 9.59 Å². The maximum Gasteiger partial charge on any atom is 0.442 e. The van der Waals surface area contributed by atoms with Gasteiger partial charge in [-0.1, -0.05) is 10.3 Å². The lowest BCUT2D eigenvalue weighted by molar-refractivity contribution is -0.0841. The maximum atomic E-state index is 13.0. The molecule has 17 heteroatoms. The highest BCUT2D eigenvalue weighted by Gasteiger charge is 2.51. The molecule has 2 aromatic rings. The molecule has 0 aliphatic carbocycles. The zero-order valence-corrected chi connectivity index (χ0v) is 19.8. The first-order chi connectivity index (χ1) is 17.8. The standard InChI is InChI=1S/C20H18N8O8S/c21-7-13-5-15(23-33-13)17-3-1-11-9-25(17)19(29)27(11)35-37(31,32)36-28-12-2-4-18(26(10-12)20(28)30)16-6-14(8-22)34-24-16/h5-6,11-12,17-18H,1-4,9-10H2/t11-,12-,17+,18+/m1/s1. The quantitative estimate of drug-likeness (QED) is 0.516. The Labute approximate surface area is 209 Å². The smallest absolute Gasteiger partial charge is 0.345 e. The molecule has 0 aromatic carbocycles. The predicted molar refractivity (Wildman–Crippen MR) is 113 cm³/mol. The van der Waals surface area contributed by atoms with Crippen molar-refractivity contribution >= 4 is 22.5 Å². The summed E-state index contributed by atoms with van der Waals surface area (Å²) in [5.41, 5.74) is 0.772. The Kier molecular flexibility index (Phi) is 5.30. The number of nitrogens with zero attached hydrogens (tertiary/aromatic N) is 8. The van der Waals surface area contributed by atoms with Crippen LogP contribution >= 0.6 is 0 Å². The normalized spacial score (nSPS) is 27.1. The lowest BCUT2D eigenvalue weighted by Gasteiger charge is -2.28. The number of piperidine rings is 2. The van der Waals surface area contributed by atoms with Crippen LogP contribution in [0.3, 0.4) is 0 Å². The Hall–Kier alpha value is -4.19.